The smallest absolute Gasteiger partial charge is 0.212 e. The number of nitrogens with zero attached hydrogens (tertiary/aromatic N) is 2. The molecule has 0 radical (unpaired) electrons. The summed E-state index contributed by atoms with van der Waals surface area (Å²) in [6.45, 7) is 3.57. The monoisotopic (exact) mass is 450 g/mol. The van der Waals surface area contributed by atoms with Crippen LogP contribution in [0.5, 0.6) is 5.88 Å². The number of ether oxygens (including phenoxy) is 1. The van der Waals surface area contributed by atoms with Crippen LogP contribution >= 0.6 is 35.7 Å². The number of thioether (sulfide) groups is 1. The SMILES string of the molecule is CCNC(=NCc1ccc(OC)nc1)NC1CCC(SC)C1.I. The quantitative estimate of drug-likeness (QED) is 0.397. The van der Waals surface area contributed by atoms with E-state index < -0.39 is 0 Å². The zero-order valence-corrected chi connectivity index (χ0v) is 17.2. The molecular formula is C16H27IN4OS. The van der Waals surface area contributed by atoms with Crippen molar-refractivity contribution in [3.8, 4) is 5.88 Å². The Morgan fingerprint density at radius 3 is 2.83 bits per heavy atom. The van der Waals surface area contributed by atoms with E-state index in [1.807, 2.05) is 30.1 Å². The lowest BCUT2D eigenvalue weighted by Gasteiger charge is -2.17. The van der Waals surface area contributed by atoms with Gasteiger partial charge in [0, 0.05) is 30.1 Å². The maximum absolute atomic E-state index is 5.07. The number of pyridine rings is 1. The molecule has 2 atom stereocenters. The molecular weight excluding hydrogens is 423 g/mol. The number of guanidine groups is 1. The molecule has 5 nitrogen and oxygen atoms in total. The maximum Gasteiger partial charge on any atom is 0.212 e. The lowest BCUT2D eigenvalue weighted by Crippen LogP contribution is -2.42. The molecule has 0 aliphatic heterocycles. The number of halogens is 1. The van der Waals surface area contributed by atoms with E-state index in [1.54, 1.807) is 7.11 Å². The Hall–Kier alpha value is -0.700. The highest BCUT2D eigenvalue weighted by molar-refractivity contribution is 14.0. The summed E-state index contributed by atoms with van der Waals surface area (Å²) < 4.78 is 5.07. The van der Waals surface area contributed by atoms with Crippen molar-refractivity contribution in [3.63, 3.8) is 0 Å². The van der Waals surface area contributed by atoms with E-state index in [4.69, 9.17) is 4.74 Å². The van der Waals surface area contributed by atoms with Gasteiger partial charge >= 0.3 is 0 Å². The minimum atomic E-state index is 0. The maximum atomic E-state index is 5.07. The fourth-order valence-electron chi connectivity index (χ4n) is 2.59. The number of nitrogens with one attached hydrogen (secondary N) is 2. The zero-order chi connectivity index (χ0) is 15.8. The molecule has 2 N–H and O–H groups in total. The first-order chi connectivity index (χ1) is 10.7. The first-order valence-electron chi connectivity index (χ1n) is 7.81. The summed E-state index contributed by atoms with van der Waals surface area (Å²) in [5, 5.41) is 7.66. The van der Waals surface area contributed by atoms with Gasteiger partial charge in [0.05, 0.1) is 13.7 Å². The van der Waals surface area contributed by atoms with Crippen molar-refractivity contribution in [2.45, 2.75) is 44.0 Å². The molecule has 23 heavy (non-hydrogen) atoms. The van der Waals surface area contributed by atoms with Gasteiger partial charge in [-0.3, -0.25) is 0 Å². The lowest BCUT2D eigenvalue weighted by molar-refractivity contribution is 0.397. The molecule has 0 bridgehead atoms. The van der Waals surface area contributed by atoms with Crippen molar-refractivity contribution in [2.24, 2.45) is 4.99 Å². The Morgan fingerprint density at radius 1 is 1.43 bits per heavy atom. The minimum absolute atomic E-state index is 0. The standard InChI is InChI=1S/C16H26N4OS.HI/c1-4-17-16(20-13-6-7-14(9-13)22-3)19-11-12-5-8-15(21-2)18-10-12;/h5,8,10,13-14H,4,6-7,9,11H2,1-3H3,(H2,17,19,20);1H. The highest BCUT2D eigenvalue weighted by Gasteiger charge is 2.24. The van der Waals surface area contributed by atoms with Gasteiger partial charge in [0.2, 0.25) is 5.88 Å². The van der Waals surface area contributed by atoms with Crippen LogP contribution in [0.3, 0.4) is 0 Å². The molecule has 1 aromatic rings. The average molecular weight is 450 g/mol. The van der Waals surface area contributed by atoms with Gasteiger partial charge in [0.25, 0.3) is 0 Å². The van der Waals surface area contributed by atoms with E-state index in [0.29, 0.717) is 18.5 Å². The largest absolute Gasteiger partial charge is 0.481 e. The predicted molar refractivity (Wildman–Crippen MR) is 109 cm³/mol. The molecule has 2 unspecified atom stereocenters. The van der Waals surface area contributed by atoms with Crippen molar-refractivity contribution >= 4 is 41.7 Å². The highest BCUT2D eigenvalue weighted by atomic mass is 127. The average Bonchev–Trinajstić information content (AvgIpc) is 3.01. The van der Waals surface area contributed by atoms with Crippen LogP contribution in [-0.2, 0) is 6.54 Å². The van der Waals surface area contributed by atoms with Crippen molar-refractivity contribution in [2.75, 3.05) is 19.9 Å². The summed E-state index contributed by atoms with van der Waals surface area (Å²) in [4.78, 5) is 8.87. The Bertz CT molecular complexity index is 483. The van der Waals surface area contributed by atoms with Crippen LogP contribution in [0.25, 0.3) is 0 Å². The van der Waals surface area contributed by atoms with Crippen LogP contribution in [0, 0.1) is 0 Å². The van der Waals surface area contributed by atoms with Gasteiger partial charge in [0.1, 0.15) is 0 Å². The van der Waals surface area contributed by atoms with Gasteiger partial charge in [0.15, 0.2) is 5.96 Å². The number of aliphatic imine (C=N–C) groups is 1. The van der Waals surface area contributed by atoms with Gasteiger partial charge in [-0.15, -0.1) is 24.0 Å². The number of methoxy groups -OCH3 is 1. The highest BCUT2D eigenvalue weighted by Crippen LogP contribution is 2.28. The molecule has 1 aliphatic carbocycles. The Balaban J connectivity index is 0.00000264. The first kappa shape index (κ1) is 20.3. The van der Waals surface area contributed by atoms with Gasteiger partial charge in [-0.05, 0) is 38.0 Å². The van der Waals surface area contributed by atoms with Crippen LogP contribution in [0.1, 0.15) is 31.7 Å². The first-order valence-corrected chi connectivity index (χ1v) is 9.10. The molecule has 1 saturated carbocycles. The predicted octanol–water partition coefficient (Wildman–Crippen LogP) is 3.05. The van der Waals surface area contributed by atoms with Crippen LogP contribution in [-0.4, -0.2) is 42.1 Å². The van der Waals surface area contributed by atoms with Crippen LogP contribution in [0.2, 0.25) is 0 Å². The minimum Gasteiger partial charge on any atom is -0.481 e. The molecule has 130 valence electrons. The molecule has 0 spiro atoms. The van der Waals surface area contributed by atoms with Gasteiger partial charge in [-0.2, -0.15) is 11.8 Å². The normalized spacial score (nSPS) is 20.7. The Kier molecular flexibility index (Phi) is 9.69. The second-order valence-electron chi connectivity index (χ2n) is 5.42. The van der Waals surface area contributed by atoms with Crippen LogP contribution in [0.4, 0.5) is 0 Å². The second-order valence-corrected chi connectivity index (χ2v) is 6.55. The molecule has 0 saturated heterocycles. The Morgan fingerprint density at radius 2 is 2.26 bits per heavy atom. The summed E-state index contributed by atoms with van der Waals surface area (Å²) in [5.41, 5.74) is 1.08. The van der Waals surface area contributed by atoms with E-state index in [-0.39, 0.29) is 24.0 Å². The molecule has 1 fully saturated rings. The third kappa shape index (κ3) is 6.74. The van der Waals surface area contributed by atoms with Gasteiger partial charge in [-0.25, -0.2) is 9.98 Å². The lowest BCUT2D eigenvalue weighted by atomic mass is 10.2. The zero-order valence-electron chi connectivity index (χ0n) is 14.0. The molecule has 7 heteroatoms. The van der Waals surface area contributed by atoms with Gasteiger partial charge in [-0.1, -0.05) is 6.07 Å². The van der Waals surface area contributed by atoms with Gasteiger partial charge < -0.3 is 15.4 Å². The second kappa shape index (κ2) is 11.0. The van der Waals surface area contributed by atoms with Crippen LogP contribution in [0.15, 0.2) is 23.3 Å². The summed E-state index contributed by atoms with van der Waals surface area (Å²) in [5.74, 6) is 1.52. The number of hydrogen-bond acceptors (Lipinski definition) is 4. The summed E-state index contributed by atoms with van der Waals surface area (Å²) in [6, 6.07) is 4.40. The van der Waals surface area contributed by atoms with E-state index in [1.165, 1.54) is 19.3 Å². The molecule has 0 aromatic carbocycles. The fraction of sp³-hybridized carbons (Fsp3) is 0.625. The van der Waals surface area contributed by atoms with Crippen LogP contribution < -0.4 is 15.4 Å². The summed E-state index contributed by atoms with van der Waals surface area (Å²) >= 11 is 1.97. The number of hydrogen-bond donors (Lipinski definition) is 2. The molecule has 1 heterocycles. The van der Waals surface area contributed by atoms with Crippen molar-refractivity contribution in [3.05, 3.63) is 23.9 Å². The fourth-order valence-corrected chi connectivity index (χ4v) is 3.39. The summed E-state index contributed by atoms with van der Waals surface area (Å²) in [6.07, 6.45) is 7.74. The van der Waals surface area contributed by atoms with E-state index >= 15 is 0 Å². The van der Waals surface area contributed by atoms with E-state index in [0.717, 1.165) is 23.3 Å². The van der Waals surface area contributed by atoms with Crippen molar-refractivity contribution in [1.29, 1.82) is 0 Å². The number of aromatic nitrogens is 1. The van der Waals surface area contributed by atoms with E-state index in [9.17, 15) is 0 Å². The van der Waals surface area contributed by atoms with E-state index in [2.05, 4.69) is 33.8 Å². The molecule has 0 amide bonds. The third-order valence-corrected chi connectivity index (χ3v) is 4.92. The van der Waals surface area contributed by atoms with Crippen molar-refractivity contribution in [1.82, 2.24) is 15.6 Å². The Labute approximate surface area is 160 Å². The molecule has 1 aliphatic rings. The molecule has 2 rings (SSSR count). The molecule has 1 aromatic heterocycles. The van der Waals surface area contributed by atoms with Crippen molar-refractivity contribution < 1.29 is 4.74 Å². The topological polar surface area (TPSA) is 58.5 Å². The number of rotatable bonds is 6. The summed E-state index contributed by atoms with van der Waals surface area (Å²) in [7, 11) is 1.62. The third-order valence-electron chi connectivity index (χ3n) is 3.83.